The van der Waals surface area contributed by atoms with Crippen molar-refractivity contribution in [2.24, 2.45) is 5.92 Å². The minimum Gasteiger partial charge on any atom is -0.394 e. The van der Waals surface area contributed by atoms with Crippen molar-refractivity contribution < 1.29 is 9.90 Å². The molecule has 1 amide bonds. The molecule has 0 aliphatic carbocycles. The number of carbonyl (C=O) groups excluding carboxylic acids is 1. The summed E-state index contributed by atoms with van der Waals surface area (Å²) in [6, 6.07) is -0.140. The smallest absolute Gasteiger partial charge is 0.240 e. The number of hydrogen-bond donors (Lipinski definition) is 3. The van der Waals surface area contributed by atoms with Crippen LogP contribution in [-0.4, -0.2) is 35.7 Å². The van der Waals surface area contributed by atoms with E-state index < -0.39 is 5.54 Å². The van der Waals surface area contributed by atoms with Gasteiger partial charge >= 0.3 is 0 Å². The Morgan fingerprint density at radius 1 is 1.56 bits per heavy atom. The molecule has 94 valence electrons. The first kappa shape index (κ1) is 13.5. The van der Waals surface area contributed by atoms with Crippen molar-refractivity contribution in [2.45, 2.75) is 51.6 Å². The molecular formula is C12H24N2O2. The van der Waals surface area contributed by atoms with E-state index in [1.165, 1.54) is 0 Å². The monoisotopic (exact) mass is 228 g/mol. The average Bonchev–Trinajstić information content (AvgIpc) is 2.74. The summed E-state index contributed by atoms with van der Waals surface area (Å²) in [5.74, 6) is 0.296. The van der Waals surface area contributed by atoms with Crippen LogP contribution in [0.5, 0.6) is 0 Å². The maximum atomic E-state index is 12.2. The van der Waals surface area contributed by atoms with Crippen molar-refractivity contribution in [2.75, 3.05) is 13.2 Å². The zero-order valence-corrected chi connectivity index (χ0v) is 10.5. The summed E-state index contributed by atoms with van der Waals surface area (Å²) in [4.78, 5) is 12.2. The van der Waals surface area contributed by atoms with Gasteiger partial charge in [0.15, 0.2) is 0 Å². The maximum Gasteiger partial charge on any atom is 0.240 e. The molecule has 0 aromatic carbocycles. The zero-order valence-electron chi connectivity index (χ0n) is 10.5. The van der Waals surface area contributed by atoms with Crippen LogP contribution in [0.3, 0.4) is 0 Å². The molecule has 2 unspecified atom stereocenters. The van der Waals surface area contributed by atoms with Crippen molar-refractivity contribution in [3.05, 3.63) is 0 Å². The Balaban J connectivity index is 2.62. The van der Waals surface area contributed by atoms with Crippen LogP contribution in [0.4, 0.5) is 0 Å². The van der Waals surface area contributed by atoms with Gasteiger partial charge in [0.2, 0.25) is 5.91 Å². The molecule has 3 N–H and O–H groups in total. The van der Waals surface area contributed by atoms with Gasteiger partial charge in [0.25, 0.3) is 0 Å². The number of amides is 1. The highest BCUT2D eigenvalue weighted by atomic mass is 16.3. The summed E-state index contributed by atoms with van der Waals surface area (Å²) < 4.78 is 0. The molecule has 1 aliphatic rings. The second-order valence-electron chi connectivity index (χ2n) is 4.97. The molecule has 1 heterocycles. The summed E-state index contributed by atoms with van der Waals surface area (Å²) in [6.45, 7) is 6.95. The Bertz CT molecular complexity index is 235. The first-order valence-corrected chi connectivity index (χ1v) is 6.22. The summed E-state index contributed by atoms with van der Waals surface area (Å²) in [5.41, 5.74) is -0.400. The lowest BCUT2D eigenvalue weighted by molar-refractivity contribution is -0.128. The Kier molecular flexibility index (Phi) is 4.74. The Morgan fingerprint density at radius 2 is 2.25 bits per heavy atom. The number of rotatable bonds is 5. The second kappa shape index (κ2) is 5.64. The molecule has 16 heavy (non-hydrogen) atoms. The van der Waals surface area contributed by atoms with Crippen LogP contribution < -0.4 is 10.6 Å². The van der Waals surface area contributed by atoms with Gasteiger partial charge < -0.3 is 15.7 Å². The molecular weight excluding hydrogens is 204 g/mol. The highest BCUT2D eigenvalue weighted by Gasteiger charge is 2.39. The standard InChI is InChI=1S/C12H24N2O2/c1-4-12(6-5-7-13-12)11(16)14-10(8-15)9(2)3/h9-10,13,15H,4-8H2,1-3H3,(H,14,16). The number of aliphatic hydroxyl groups excluding tert-OH is 1. The predicted octanol–water partition coefficient (Wildman–Crippen LogP) is 0.652. The highest BCUT2D eigenvalue weighted by Crippen LogP contribution is 2.23. The minimum absolute atomic E-state index is 0.00318. The van der Waals surface area contributed by atoms with E-state index >= 15 is 0 Å². The second-order valence-corrected chi connectivity index (χ2v) is 4.97. The molecule has 0 saturated carbocycles. The lowest BCUT2D eigenvalue weighted by atomic mass is 9.92. The molecule has 1 fully saturated rings. The quantitative estimate of drug-likeness (QED) is 0.647. The van der Waals surface area contributed by atoms with Crippen molar-refractivity contribution in [3.63, 3.8) is 0 Å². The van der Waals surface area contributed by atoms with E-state index in [1.54, 1.807) is 0 Å². The van der Waals surface area contributed by atoms with Crippen molar-refractivity contribution in [3.8, 4) is 0 Å². The fourth-order valence-corrected chi connectivity index (χ4v) is 2.19. The van der Waals surface area contributed by atoms with Crippen molar-refractivity contribution >= 4 is 5.91 Å². The van der Waals surface area contributed by atoms with Crippen LogP contribution in [0.15, 0.2) is 0 Å². The first-order valence-electron chi connectivity index (χ1n) is 6.22. The van der Waals surface area contributed by atoms with E-state index in [-0.39, 0.29) is 24.5 Å². The summed E-state index contributed by atoms with van der Waals surface area (Å²) in [7, 11) is 0. The normalized spacial score (nSPS) is 27.1. The van der Waals surface area contributed by atoms with E-state index in [1.807, 2.05) is 20.8 Å². The van der Waals surface area contributed by atoms with Gasteiger partial charge in [-0.05, 0) is 31.7 Å². The van der Waals surface area contributed by atoms with E-state index in [0.29, 0.717) is 0 Å². The number of carbonyl (C=O) groups is 1. The fraction of sp³-hybridized carbons (Fsp3) is 0.917. The molecule has 1 rings (SSSR count). The summed E-state index contributed by atoms with van der Waals surface area (Å²) in [6.07, 6.45) is 2.74. The zero-order chi connectivity index (χ0) is 12.2. The van der Waals surface area contributed by atoms with Crippen LogP contribution >= 0.6 is 0 Å². The van der Waals surface area contributed by atoms with Crippen LogP contribution in [0.2, 0.25) is 0 Å². The van der Waals surface area contributed by atoms with Gasteiger partial charge in [-0.2, -0.15) is 0 Å². The largest absolute Gasteiger partial charge is 0.394 e. The van der Waals surface area contributed by atoms with Crippen molar-refractivity contribution in [1.29, 1.82) is 0 Å². The van der Waals surface area contributed by atoms with Gasteiger partial charge in [0.1, 0.15) is 0 Å². The lowest BCUT2D eigenvalue weighted by Crippen LogP contribution is -2.56. The fourth-order valence-electron chi connectivity index (χ4n) is 2.19. The van der Waals surface area contributed by atoms with Crippen LogP contribution in [0.25, 0.3) is 0 Å². The number of aliphatic hydroxyl groups is 1. The number of hydrogen-bond acceptors (Lipinski definition) is 3. The Hall–Kier alpha value is -0.610. The maximum absolute atomic E-state index is 12.2. The molecule has 0 bridgehead atoms. The third kappa shape index (κ3) is 2.74. The molecule has 1 aliphatic heterocycles. The van der Waals surface area contributed by atoms with E-state index in [9.17, 15) is 9.90 Å². The number of nitrogens with one attached hydrogen (secondary N) is 2. The van der Waals surface area contributed by atoms with Gasteiger partial charge in [-0.1, -0.05) is 20.8 Å². The van der Waals surface area contributed by atoms with Crippen LogP contribution in [-0.2, 0) is 4.79 Å². The van der Waals surface area contributed by atoms with Gasteiger partial charge in [-0.25, -0.2) is 0 Å². The van der Waals surface area contributed by atoms with E-state index in [4.69, 9.17) is 0 Å². The van der Waals surface area contributed by atoms with Crippen LogP contribution in [0, 0.1) is 5.92 Å². The molecule has 4 nitrogen and oxygen atoms in total. The summed E-state index contributed by atoms with van der Waals surface area (Å²) >= 11 is 0. The first-order chi connectivity index (χ1) is 7.55. The molecule has 0 spiro atoms. The molecule has 1 saturated heterocycles. The lowest BCUT2D eigenvalue weighted by Gasteiger charge is -2.30. The van der Waals surface area contributed by atoms with Gasteiger partial charge in [0, 0.05) is 0 Å². The van der Waals surface area contributed by atoms with E-state index in [0.717, 1.165) is 25.8 Å². The third-order valence-electron chi connectivity index (χ3n) is 3.60. The van der Waals surface area contributed by atoms with Gasteiger partial charge in [-0.3, -0.25) is 4.79 Å². The van der Waals surface area contributed by atoms with Gasteiger partial charge in [0.05, 0.1) is 18.2 Å². The van der Waals surface area contributed by atoms with Crippen LogP contribution in [0.1, 0.15) is 40.0 Å². The SMILES string of the molecule is CCC1(C(=O)NC(CO)C(C)C)CCCN1. The van der Waals surface area contributed by atoms with Crippen molar-refractivity contribution in [1.82, 2.24) is 10.6 Å². The average molecular weight is 228 g/mol. The third-order valence-corrected chi connectivity index (χ3v) is 3.60. The summed E-state index contributed by atoms with van der Waals surface area (Å²) in [5, 5.41) is 15.5. The molecule has 2 atom stereocenters. The minimum atomic E-state index is -0.400. The molecule has 4 heteroatoms. The Labute approximate surface area is 97.8 Å². The predicted molar refractivity (Wildman–Crippen MR) is 64.1 cm³/mol. The molecule has 0 aromatic rings. The van der Waals surface area contributed by atoms with E-state index in [2.05, 4.69) is 10.6 Å². The molecule has 0 radical (unpaired) electrons. The molecule has 0 aromatic heterocycles. The highest BCUT2D eigenvalue weighted by molar-refractivity contribution is 5.86. The Morgan fingerprint density at radius 3 is 2.62 bits per heavy atom. The van der Waals surface area contributed by atoms with Gasteiger partial charge in [-0.15, -0.1) is 0 Å². The topological polar surface area (TPSA) is 61.4 Å².